The maximum Gasteiger partial charge on any atom is 0.324 e. The van der Waals surface area contributed by atoms with Gasteiger partial charge in [0.05, 0.1) is 12.5 Å². The minimum atomic E-state index is -0.900. The fraction of sp³-hybridized carbons (Fsp3) is 0.536. The number of likely N-dealkylation sites (N-methyl/N-ethyl adjacent to an activating group) is 1. The molecule has 37 heavy (non-hydrogen) atoms. The Kier molecular flexibility index (Phi) is 8.66. The second kappa shape index (κ2) is 11.9. The molecule has 2 heterocycles. The highest BCUT2D eigenvalue weighted by Gasteiger charge is 2.45. The molecular formula is C28H39N5O4. The summed E-state index contributed by atoms with van der Waals surface area (Å²) in [6.45, 7) is 8.95. The largest absolute Gasteiger partial charge is 0.480 e. The molecule has 2 aliphatic heterocycles. The first-order chi connectivity index (χ1) is 17.8. The zero-order valence-corrected chi connectivity index (χ0v) is 21.9. The Morgan fingerprint density at radius 3 is 2.84 bits per heavy atom. The molecule has 3 unspecified atom stereocenters. The normalized spacial score (nSPS) is 22.2. The molecule has 200 valence electrons. The highest BCUT2D eigenvalue weighted by atomic mass is 16.4. The number of fused-ring (bicyclic) bond motifs is 2. The van der Waals surface area contributed by atoms with Gasteiger partial charge in [-0.2, -0.15) is 0 Å². The van der Waals surface area contributed by atoms with Gasteiger partial charge in [0.2, 0.25) is 5.91 Å². The number of rotatable bonds is 10. The summed E-state index contributed by atoms with van der Waals surface area (Å²) in [7, 11) is 1.72. The van der Waals surface area contributed by atoms with E-state index < -0.39 is 5.97 Å². The number of benzene rings is 1. The molecule has 0 bridgehead atoms. The van der Waals surface area contributed by atoms with Crippen LogP contribution in [0.1, 0.15) is 48.8 Å². The maximum atomic E-state index is 13.9. The molecule has 3 N–H and O–H groups in total. The zero-order chi connectivity index (χ0) is 26.5. The van der Waals surface area contributed by atoms with Gasteiger partial charge in [0, 0.05) is 57.4 Å². The van der Waals surface area contributed by atoms with E-state index in [4.69, 9.17) is 5.11 Å². The number of urea groups is 1. The van der Waals surface area contributed by atoms with Gasteiger partial charge in [0.1, 0.15) is 0 Å². The summed E-state index contributed by atoms with van der Waals surface area (Å²) in [6, 6.07) is 6.37. The summed E-state index contributed by atoms with van der Waals surface area (Å²) in [5.74, 6) is -1.18. The average molecular weight is 510 g/mol. The second-order valence-corrected chi connectivity index (χ2v) is 10.3. The zero-order valence-electron chi connectivity index (χ0n) is 21.9. The van der Waals surface area contributed by atoms with Gasteiger partial charge in [0.25, 0.3) is 0 Å². The van der Waals surface area contributed by atoms with Crippen molar-refractivity contribution in [2.75, 3.05) is 46.3 Å². The number of aliphatic carboxylic acids is 1. The SMILES string of the molecule is C=CCN1CC(C(=O)N(CCCN(C)CC(=O)O)C(=O)NCC)CC2c3cccc4c3C(=CNC4)CC21. The summed E-state index contributed by atoms with van der Waals surface area (Å²) in [5.41, 5.74) is 5.25. The van der Waals surface area contributed by atoms with E-state index in [1.807, 2.05) is 13.0 Å². The molecule has 3 amide bonds. The topological polar surface area (TPSA) is 105 Å². The van der Waals surface area contributed by atoms with Gasteiger partial charge in [-0.3, -0.25) is 24.3 Å². The maximum absolute atomic E-state index is 13.9. The van der Waals surface area contributed by atoms with Crippen molar-refractivity contribution in [3.63, 3.8) is 0 Å². The summed E-state index contributed by atoms with van der Waals surface area (Å²) in [4.78, 5) is 43.2. The molecule has 0 spiro atoms. The van der Waals surface area contributed by atoms with Gasteiger partial charge < -0.3 is 15.7 Å². The van der Waals surface area contributed by atoms with Crippen molar-refractivity contribution in [3.05, 3.63) is 53.7 Å². The van der Waals surface area contributed by atoms with Crippen LogP contribution in [0.2, 0.25) is 0 Å². The molecule has 3 atom stereocenters. The molecule has 4 rings (SSSR count). The van der Waals surface area contributed by atoms with E-state index in [0.717, 1.165) is 13.0 Å². The number of nitrogens with zero attached hydrogens (tertiary/aromatic N) is 3. The number of hydrogen-bond donors (Lipinski definition) is 3. The number of carbonyl (C=O) groups is 3. The lowest BCUT2D eigenvalue weighted by molar-refractivity contribution is -0.138. The smallest absolute Gasteiger partial charge is 0.324 e. The van der Waals surface area contributed by atoms with Crippen molar-refractivity contribution >= 4 is 23.5 Å². The predicted molar refractivity (Wildman–Crippen MR) is 143 cm³/mol. The number of piperidine rings is 1. The van der Waals surface area contributed by atoms with Crippen molar-refractivity contribution < 1.29 is 19.5 Å². The first-order valence-corrected chi connectivity index (χ1v) is 13.2. The Bertz CT molecular complexity index is 1070. The van der Waals surface area contributed by atoms with Crippen LogP contribution >= 0.6 is 0 Å². The minimum absolute atomic E-state index is 0.0787. The van der Waals surface area contributed by atoms with Crippen molar-refractivity contribution in [1.82, 2.24) is 25.3 Å². The molecule has 1 aromatic rings. The lowest BCUT2D eigenvalue weighted by Crippen LogP contribution is -2.55. The van der Waals surface area contributed by atoms with Crippen molar-refractivity contribution in [1.29, 1.82) is 0 Å². The van der Waals surface area contributed by atoms with Gasteiger partial charge in [-0.25, -0.2) is 4.79 Å². The van der Waals surface area contributed by atoms with Crippen LogP contribution in [0.5, 0.6) is 0 Å². The third kappa shape index (κ3) is 5.88. The Morgan fingerprint density at radius 1 is 1.30 bits per heavy atom. The van der Waals surface area contributed by atoms with Crippen LogP contribution in [-0.4, -0.2) is 90.1 Å². The molecule has 3 aliphatic rings. The van der Waals surface area contributed by atoms with Crippen LogP contribution in [0.4, 0.5) is 4.79 Å². The quantitative estimate of drug-likeness (QED) is 0.416. The van der Waals surface area contributed by atoms with Gasteiger partial charge in [0.15, 0.2) is 0 Å². The fourth-order valence-corrected chi connectivity index (χ4v) is 6.17. The summed E-state index contributed by atoms with van der Waals surface area (Å²) in [5, 5.41) is 15.2. The van der Waals surface area contributed by atoms with Crippen molar-refractivity contribution in [3.8, 4) is 0 Å². The van der Waals surface area contributed by atoms with Crippen LogP contribution in [0.3, 0.4) is 0 Å². The molecule has 0 radical (unpaired) electrons. The molecule has 1 fully saturated rings. The van der Waals surface area contributed by atoms with Crippen LogP contribution in [0, 0.1) is 5.92 Å². The Balaban J connectivity index is 1.56. The Labute approximate surface area is 219 Å². The number of likely N-dealkylation sites (tertiary alicyclic amines) is 1. The van der Waals surface area contributed by atoms with E-state index in [2.05, 4.69) is 46.5 Å². The van der Waals surface area contributed by atoms with E-state index >= 15 is 0 Å². The molecular weight excluding hydrogens is 470 g/mol. The fourth-order valence-electron chi connectivity index (χ4n) is 6.17. The molecule has 1 saturated heterocycles. The van der Waals surface area contributed by atoms with Crippen LogP contribution in [0.15, 0.2) is 37.1 Å². The van der Waals surface area contributed by atoms with E-state index in [9.17, 15) is 14.4 Å². The molecule has 9 heteroatoms. The lowest BCUT2D eigenvalue weighted by Gasteiger charge is -2.49. The monoisotopic (exact) mass is 509 g/mol. The van der Waals surface area contributed by atoms with E-state index in [0.29, 0.717) is 39.0 Å². The highest BCUT2D eigenvalue weighted by Crippen LogP contribution is 2.48. The molecule has 1 aliphatic carbocycles. The summed E-state index contributed by atoms with van der Waals surface area (Å²) < 4.78 is 0. The molecule has 1 aromatic carbocycles. The second-order valence-electron chi connectivity index (χ2n) is 10.3. The first kappa shape index (κ1) is 26.9. The van der Waals surface area contributed by atoms with Gasteiger partial charge in [-0.15, -0.1) is 6.58 Å². The third-order valence-corrected chi connectivity index (χ3v) is 7.71. The van der Waals surface area contributed by atoms with Gasteiger partial charge in [-0.05, 0) is 55.5 Å². The third-order valence-electron chi connectivity index (χ3n) is 7.71. The Morgan fingerprint density at radius 2 is 2.11 bits per heavy atom. The van der Waals surface area contributed by atoms with Crippen LogP contribution < -0.4 is 10.6 Å². The average Bonchev–Trinajstić information content (AvgIpc) is 2.87. The number of amides is 3. The summed E-state index contributed by atoms with van der Waals surface area (Å²) >= 11 is 0. The van der Waals surface area contributed by atoms with E-state index in [-0.39, 0.29) is 42.9 Å². The van der Waals surface area contributed by atoms with E-state index in [1.54, 1.807) is 11.9 Å². The Hall–Kier alpha value is -3.17. The molecule has 9 nitrogen and oxygen atoms in total. The molecule has 0 saturated carbocycles. The summed E-state index contributed by atoms with van der Waals surface area (Å²) in [6.07, 6.45) is 6.16. The highest BCUT2D eigenvalue weighted by molar-refractivity contribution is 5.96. The van der Waals surface area contributed by atoms with Crippen molar-refractivity contribution in [2.45, 2.75) is 44.7 Å². The number of hydrogen-bond acceptors (Lipinski definition) is 6. The van der Waals surface area contributed by atoms with Gasteiger partial charge >= 0.3 is 12.0 Å². The molecule has 0 aromatic heterocycles. The number of carbonyl (C=O) groups excluding carboxylic acids is 2. The van der Waals surface area contributed by atoms with Gasteiger partial charge in [-0.1, -0.05) is 24.3 Å². The first-order valence-electron chi connectivity index (χ1n) is 13.2. The standard InChI is InChI=1S/C28H39N5O4/c1-4-10-32-17-21(27(36)33(28(37)30-5-2)12-7-11-31(3)18-25(34)35)13-23-22-9-6-8-19-15-29-16-20(26(19)22)14-24(23)32/h4,6,8-9,16,21,23-24,29H,1,5,7,10-15,17-18H2,2-3H3,(H,30,37)(H,34,35). The number of carboxylic acids is 1. The van der Waals surface area contributed by atoms with Crippen molar-refractivity contribution in [2.24, 2.45) is 5.92 Å². The lowest BCUT2D eigenvalue weighted by atomic mass is 9.68. The number of carboxylic acid groups (broad SMARTS) is 1. The van der Waals surface area contributed by atoms with E-state index in [1.165, 1.54) is 27.2 Å². The van der Waals surface area contributed by atoms with Crippen LogP contribution in [-0.2, 0) is 16.1 Å². The van der Waals surface area contributed by atoms with Crippen LogP contribution in [0.25, 0.3) is 5.57 Å². The minimum Gasteiger partial charge on any atom is -0.480 e. The number of imide groups is 1. The predicted octanol–water partition coefficient (Wildman–Crippen LogP) is 2.46. The number of nitrogens with one attached hydrogen (secondary N) is 2.